The summed E-state index contributed by atoms with van der Waals surface area (Å²) < 4.78 is 5.42. The number of nitrogens with one attached hydrogen (secondary N) is 2. The highest BCUT2D eigenvalue weighted by Gasteiger charge is 2.20. The van der Waals surface area contributed by atoms with Gasteiger partial charge in [0.2, 0.25) is 0 Å². The number of aromatic nitrogens is 1. The molecule has 2 aromatic carbocycles. The zero-order valence-electron chi connectivity index (χ0n) is 14.8. The predicted molar refractivity (Wildman–Crippen MR) is 108 cm³/mol. The van der Waals surface area contributed by atoms with Crippen LogP contribution in [0.5, 0.6) is 5.75 Å². The number of benzene rings is 2. The number of ether oxygens (including phenoxy) is 1. The Bertz CT molecular complexity index is 932. The number of hydrogen-bond acceptors (Lipinski definition) is 3. The minimum Gasteiger partial charge on any atom is -0.491 e. The first-order valence-electron chi connectivity index (χ1n) is 8.61. The summed E-state index contributed by atoms with van der Waals surface area (Å²) in [5.74, 6) is -0.471. The largest absolute Gasteiger partial charge is 0.491 e. The minimum atomic E-state index is -0.914. The van der Waals surface area contributed by atoms with Crippen molar-refractivity contribution in [2.45, 2.75) is 25.9 Å². The fourth-order valence-corrected chi connectivity index (χ4v) is 3.65. The number of hydrogen-bond donors (Lipinski definition) is 3. The first-order chi connectivity index (χ1) is 13.0. The van der Waals surface area contributed by atoms with Gasteiger partial charge in [0.15, 0.2) is 5.75 Å². The number of H-pyrrole nitrogens is 1. The Labute approximate surface area is 167 Å². The van der Waals surface area contributed by atoms with Gasteiger partial charge in [-0.1, -0.05) is 41.4 Å². The maximum absolute atomic E-state index is 11.7. The van der Waals surface area contributed by atoms with Crippen molar-refractivity contribution in [1.29, 1.82) is 0 Å². The molecule has 3 rings (SSSR count). The van der Waals surface area contributed by atoms with Crippen molar-refractivity contribution in [2.24, 2.45) is 0 Å². The number of fused-ring (bicyclic) bond motifs is 1. The minimum absolute atomic E-state index is 0.325. The molecule has 1 atom stereocenters. The first-order valence-corrected chi connectivity index (χ1v) is 9.37. The summed E-state index contributed by atoms with van der Waals surface area (Å²) in [5.41, 5.74) is 2.73. The fraction of sp³-hybridized carbons (Fsp3) is 0.250. The SMILES string of the molecule is CCOc1c(Cl)cc(CN[C@@H](Cc2c[nH]c3ccccc23)C(=O)O)cc1Cl. The van der Waals surface area contributed by atoms with Gasteiger partial charge >= 0.3 is 5.97 Å². The standard InChI is InChI=1S/C20H20Cl2N2O3/c1-2-27-19-15(21)7-12(8-16(19)22)10-23-18(20(25)26)9-13-11-24-17-6-4-3-5-14(13)17/h3-8,11,18,23-24H,2,9-10H2,1H3,(H,25,26)/t18-/m0/s1. The van der Waals surface area contributed by atoms with Crippen LogP contribution in [0.4, 0.5) is 0 Å². The van der Waals surface area contributed by atoms with Gasteiger partial charge in [-0.15, -0.1) is 0 Å². The lowest BCUT2D eigenvalue weighted by Crippen LogP contribution is -2.38. The summed E-state index contributed by atoms with van der Waals surface area (Å²) in [7, 11) is 0. The second kappa shape index (κ2) is 8.65. The normalized spacial score (nSPS) is 12.3. The van der Waals surface area contributed by atoms with Crippen LogP contribution in [0.25, 0.3) is 10.9 Å². The molecule has 0 fully saturated rings. The number of aliphatic carboxylic acids is 1. The van der Waals surface area contributed by atoms with Crippen LogP contribution in [0.2, 0.25) is 10.0 Å². The van der Waals surface area contributed by atoms with Gasteiger partial charge in [-0.2, -0.15) is 0 Å². The van der Waals surface area contributed by atoms with E-state index in [0.717, 1.165) is 22.0 Å². The molecule has 0 spiro atoms. The van der Waals surface area contributed by atoms with E-state index in [0.29, 0.717) is 35.4 Å². The molecule has 7 heteroatoms. The van der Waals surface area contributed by atoms with Crippen LogP contribution in [0.1, 0.15) is 18.1 Å². The van der Waals surface area contributed by atoms with Crippen LogP contribution in [0.3, 0.4) is 0 Å². The van der Waals surface area contributed by atoms with Crippen LogP contribution in [-0.4, -0.2) is 28.7 Å². The molecule has 142 valence electrons. The molecule has 27 heavy (non-hydrogen) atoms. The van der Waals surface area contributed by atoms with Crippen molar-refractivity contribution >= 4 is 40.1 Å². The number of carboxylic acids is 1. The van der Waals surface area contributed by atoms with Gasteiger partial charge in [0.1, 0.15) is 6.04 Å². The average Bonchev–Trinajstić information content (AvgIpc) is 3.04. The molecule has 0 amide bonds. The Hall–Kier alpha value is -2.21. The highest BCUT2D eigenvalue weighted by atomic mass is 35.5. The number of rotatable bonds is 8. The second-order valence-corrected chi connectivity index (χ2v) is 6.97. The van der Waals surface area contributed by atoms with Crippen molar-refractivity contribution in [3.63, 3.8) is 0 Å². The van der Waals surface area contributed by atoms with E-state index >= 15 is 0 Å². The quantitative estimate of drug-likeness (QED) is 0.508. The average molecular weight is 407 g/mol. The summed E-state index contributed by atoms with van der Waals surface area (Å²) in [6, 6.07) is 10.5. The van der Waals surface area contributed by atoms with Gasteiger partial charge in [0.05, 0.1) is 16.7 Å². The van der Waals surface area contributed by atoms with E-state index in [-0.39, 0.29) is 0 Å². The Morgan fingerprint density at radius 2 is 1.96 bits per heavy atom. The van der Waals surface area contributed by atoms with E-state index in [9.17, 15) is 9.90 Å². The molecular weight excluding hydrogens is 387 g/mol. The highest BCUT2D eigenvalue weighted by Crippen LogP contribution is 2.34. The smallest absolute Gasteiger partial charge is 0.321 e. The fourth-order valence-electron chi connectivity index (χ4n) is 3.00. The zero-order valence-corrected chi connectivity index (χ0v) is 16.3. The van der Waals surface area contributed by atoms with E-state index in [1.165, 1.54) is 0 Å². The molecule has 3 aromatic rings. The molecule has 3 N–H and O–H groups in total. The lowest BCUT2D eigenvalue weighted by molar-refractivity contribution is -0.139. The molecule has 0 unspecified atom stereocenters. The predicted octanol–water partition coefficient (Wildman–Crippen LogP) is 4.66. The van der Waals surface area contributed by atoms with E-state index in [4.69, 9.17) is 27.9 Å². The number of halogens is 2. The third kappa shape index (κ3) is 4.56. The molecule has 0 aliphatic rings. The van der Waals surface area contributed by atoms with Gasteiger partial charge in [-0.25, -0.2) is 0 Å². The van der Waals surface area contributed by atoms with Crippen LogP contribution >= 0.6 is 23.2 Å². The van der Waals surface area contributed by atoms with Gasteiger partial charge in [0, 0.05) is 30.1 Å². The van der Waals surface area contributed by atoms with Crippen molar-refractivity contribution in [1.82, 2.24) is 10.3 Å². The summed E-state index contributed by atoms with van der Waals surface area (Å²) in [6.07, 6.45) is 2.21. The Kier molecular flexibility index (Phi) is 6.26. The molecule has 0 saturated carbocycles. The number of aromatic amines is 1. The number of para-hydroxylation sites is 1. The molecule has 0 saturated heterocycles. The van der Waals surface area contributed by atoms with Crippen molar-refractivity contribution in [3.05, 3.63) is 63.8 Å². The molecule has 0 aliphatic heterocycles. The van der Waals surface area contributed by atoms with Gasteiger partial charge < -0.3 is 20.1 Å². The molecule has 1 heterocycles. The van der Waals surface area contributed by atoms with Gasteiger partial charge in [-0.05, 0) is 36.2 Å². The lowest BCUT2D eigenvalue weighted by Gasteiger charge is -2.15. The summed E-state index contributed by atoms with van der Waals surface area (Å²) in [5, 5.41) is 14.5. The van der Waals surface area contributed by atoms with Gasteiger partial charge in [0.25, 0.3) is 0 Å². The molecule has 1 aromatic heterocycles. The van der Waals surface area contributed by atoms with Crippen LogP contribution in [-0.2, 0) is 17.8 Å². The van der Waals surface area contributed by atoms with Gasteiger partial charge in [-0.3, -0.25) is 4.79 Å². The number of carbonyl (C=O) groups is 1. The monoisotopic (exact) mass is 406 g/mol. The van der Waals surface area contributed by atoms with E-state index < -0.39 is 12.0 Å². The first kappa shape index (κ1) is 19.5. The highest BCUT2D eigenvalue weighted by molar-refractivity contribution is 6.37. The van der Waals surface area contributed by atoms with E-state index in [2.05, 4.69) is 10.3 Å². The zero-order chi connectivity index (χ0) is 19.4. The summed E-state index contributed by atoms with van der Waals surface area (Å²) >= 11 is 12.4. The van der Waals surface area contributed by atoms with E-state index in [1.807, 2.05) is 37.4 Å². The number of carboxylic acid groups (broad SMARTS) is 1. The third-order valence-corrected chi connectivity index (χ3v) is 4.86. The summed E-state index contributed by atoms with van der Waals surface area (Å²) in [4.78, 5) is 14.9. The molecule has 0 bridgehead atoms. The van der Waals surface area contributed by atoms with Crippen LogP contribution in [0.15, 0.2) is 42.6 Å². The molecular formula is C20H20Cl2N2O3. The summed E-state index contributed by atoms with van der Waals surface area (Å²) in [6.45, 7) is 2.64. The van der Waals surface area contributed by atoms with E-state index in [1.54, 1.807) is 12.1 Å². The second-order valence-electron chi connectivity index (χ2n) is 6.16. The van der Waals surface area contributed by atoms with Crippen molar-refractivity contribution in [2.75, 3.05) is 6.61 Å². The van der Waals surface area contributed by atoms with Crippen LogP contribution < -0.4 is 10.1 Å². The lowest BCUT2D eigenvalue weighted by atomic mass is 10.0. The Morgan fingerprint density at radius 3 is 2.63 bits per heavy atom. The Morgan fingerprint density at radius 1 is 1.26 bits per heavy atom. The van der Waals surface area contributed by atoms with Crippen molar-refractivity contribution < 1.29 is 14.6 Å². The third-order valence-electron chi connectivity index (χ3n) is 4.30. The maximum Gasteiger partial charge on any atom is 0.321 e. The van der Waals surface area contributed by atoms with Crippen molar-refractivity contribution in [3.8, 4) is 5.75 Å². The van der Waals surface area contributed by atoms with Crippen LogP contribution in [0, 0.1) is 0 Å². The molecule has 0 radical (unpaired) electrons. The topological polar surface area (TPSA) is 74.3 Å². The molecule has 5 nitrogen and oxygen atoms in total. The Balaban J connectivity index is 1.73. The maximum atomic E-state index is 11.7. The molecule has 0 aliphatic carbocycles.